The number of hydrogen-bond acceptors (Lipinski definition) is 4. The summed E-state index contributed by atoms with van der Waals surface area (Å²) in [6, 6.07) is 1.77. The van der Waals surface area contributed by atoms with Gasteiger partial charge < -0.3 is 9.40 Å². The normalized spacial score (nSPS) is 11.1. The molecule has 16 heavy (non-hydrogen) atoms. The molecule has 0 unspecified atom stereocenters. The average molecular weight is 232 g/mol. The highest BCUT2D eigenvalue weighted by atomic mass is 32.1. The second kappa shape index (κ2) is 3.31. The van der Waals surface area contributed by atoms with E-state index in [9.17, 15) is 4.79 Å². The van der Waals surface area contributed by atoms with Crippen LogP contribution in [-0.4, -0.2) is 9.97 Å². The van der Waals surface area contributed by atoms with Crippen molar-refractivity contribution in [2.24, 2.45) is 0 Å². The highest BCUT2D eigenvalue weighted by Gasteiger charge is 2.09. The summed E-state index contributed by atoms with van der Waals surface area (Å²) in [5.41, 5.74) is 1.65. The number of aryl methyl sites for hydroxylation is 1. The molecule has 3 heterocycles. The molecule has 80 valence electrons. The van der Waals surface area contributed by atoms with Gasteiger partial charge in [0, 0.05) is 0 Å². The summed E-state index contributed by atoms with van der Waals surface area (Å²) in [5.74, 6) is 0.549. The second-order valence-corrected chi connectivity index (χ2v) is 4.38. The van der Waals surface area contributed by atoms with Gasteiger partial charge in [0.15, 0.2) is 0 Å². The van der Waals surface area contributed by atoms with Crippen LogP contribution >= 0.6 is 11.3 Å². The molecule has 1 N–H and O–H groups in total. The van der Waals surface area contributed by atoms with Crippen molar-refractivity contribution in [3.05, 3.63) is 39.9 Å². The summed E-state index contributed by atoms with van der Waals surface area (Å²) in [6.07, 6.45) is 3.11. The number of nitrogens with one attached hydrogen (secondary N) is 1. The fourth-order valence-corrected chi connectivity index (χ4v) is 2.55. The summed E-state index contributed by atoms with van der Waals surface area (Å²) in [7, 11) is 0. The van der Waals surface area contributed by atoms with Gasteiger partial charge in [0.1, 0.15) is 16.9 Å². The standard InChI is InChI=1S/C11H8N2O2S/c1-6-5-16-11-8(6)10(14)12-9(13-11)7-2-3-15-4-7/h2-5H,1H3,(H,12,13,14). The summed E-state index contributed by atoms with van der Waals surface area (Å²) in [5, 5.41) is 2.61. The minimum atomic E-state index is -0.0973. The molecule has 5 heteroatoms. The van der Waals surface area contributed by atoms with Gasteiger partial charge in [-0.25, -0.2) is 4.98 Å². The topological polar surface area (TPSA) is 58.9 Å². The maximum Gasteiger partial charge on any atom is 0.260 e. The second-order valence-electron chi connectivity index (χ2n) is 3.53. The molecule has 0 atom stereocenters. The molecule has 0 fully saturated rings. The summed E-state index contributed by atoms with van der Waals surface area (Å²) >= 11 is 1.48. The van der Waals surface area contributed by atoms with Gasteiger partial charge in [-0.2, -0.15) is 0 Å². The zero-order valence-corrected chi connectivity index (χ0v) is 9.30. The van der Waals surface area contributed by atoms with Crippen LogP contribution in [0.5, 0.6) is 0 Å². The van der Waals surface area contributed by atoms with Crippen LogP contribution in [0, 0.1) is 6.92 Å². The Labute approximate surface area is 94.6 Å². The van der Waals surface area contributed by atoms with Crippen LogP contribution in [0.25, 0.3) is 21.6 Å². The lowest BCUT2D eigenvalue weighted by Gasteiger charge is -1.96. The molecule has 0 bridgehead atoms. The van der Waals surface area contributed by atoms with E-state index < -0.39 is 0 Å². The Morgan fingerprint density at radius 3 is 3.12 bits per heavy atom. The number of H-pyrrole nitrogens is 1. The van der Waals surface area contributed by atoms with Gasteiger partial charge in [-0.05, 0) is 23.9 Å². The molecule has 0 aliphatic heterocycles. The fourth-order valence-electron chi connectivity index (χ4n) is 1.62. The van der Waals surface area contributed by atoms with E-state index >= 15 is 0 Å². The number of aromatic nitrogens is 2. The Morgan fingerprint density at radius 2 is 2.38 bits per heavy atom. The third-order valence-electron chi connectivity index (χ3n) is 2.42. The molecule has 0 aromatic carbocycles. The van der Waals surface area contributed by atoms with E-state index in [0.29, 0.717) is 11.2 Å². The van der Waals surface area contributed by atoms with Crippen LogP contribution in [0.2, 0.25) is 0 Å². The van der Waals surface area contributed by atoms with E-state index in [4.69, 9.17) is 4.42 Å². The van der Waals surface area contributed by atoms with Crippen LogP contribution in [0.3, 0.4) is 0 Å². The first-order valence-corrected chi connectivity index (χ1v) is 5.64. The molecule has 0 saturated carbocycles. The van der Waals surface area contributed by atoms with Gasteiger partial charge in [-0.3, -0.25) is 4.79 Å². The van der Waals surface area contributed by atoms with Gasteiger partial charge in [0.25, 0.3) is 5.56 Å². The molecule has 0 amide bonds. The van der Waals surface area contributed by atoms with Crippen molar-refractivity contribution in [1.29, 1.82) is 0 Å². The van der Waals surface area contributed by atoms with Crippen LogP contribution < -0.4 is 5.56 Å². The van der Waals surface area contributed by atoms with E-state index in [2.05, 4.69) is 9.97 Å². The van der Waals surface area contributed by atoms with E-state index in [1.165, 1.54) is 11.3 Å². The minimum absolute atomic E-state index is 0.0973. The van der Waals surface area contributed by atoms with Crippen molar-refractivity contribution < 1.29 is 4.42 Å². The Bertz CT molecular complexity index is 694. The largest absolute Gasteiger partial charge is 0.472 e. The Balaban J connectivity index is 2.34. The third kappa shape index (κ3) is 1.29. The molecule has 0 spiro atoms. The van der Waals surface area contributed by atoms with Crippen molar-refractivity contribution in [2.75, 3.05) is 0 Å². The Hall–Kier alpha value is -1.88. The first-order valence-electron chi connectivity index (χ1n) is 4.76. The summed E-state index contributed by atoms with van der Waals surface area (Å²) in [4.78, 5) is 19.8. The van der Waals surface area contributed by atoms with Crippen LogP contribution in [0.4, 0.5) is 0 Å². The monoisotopic (exact) mass is 232 g/mol. The molecule has 0 aliphatic carbocycles. The number of nitrogens with zero attached hydrogens (tertiary/aromatic N) is 1. The predicted molar refractivity (Wildman–Crippen MR) is 62.7 cm³/mol. The molecule has 3 aromatic rings. The minimum Gasteiger partial charge on any atom is -0.472 e. The first-order chi connectivity index (χ1) is 7.75. The Morgan fingerprint density at radius 1 is 1.50 bits per heavy atom. The van der Waals surface area contributed by atoms with Crippen molar-refractivity contribution in [3.63, 3.8) is 0 Å². The van der Waals surface area contributed by atoms with Gasteiger partial charge in [-0.1, -0.05) is 0 Å². The van der Waals surface area contributed by atoms with E-state index in [1.807, 2.05) is 12.3 Å². The maximum absolute atomic E-state index is 11.9. The lowest BCUT2D eigenvalue weighted by atomic mass is 10.2. The van der Waals surface area contributed by atoms with Crippen LogP contribution in [-0.2, 0) is 0 Å². The molecule has 0 aliphatic rings. The number of hydrogen-bond donors (Lipinski definition) is 1. The Kier molecular flexibility index (Phi) is 1.94. The van der Waals surface area contributed by atoms with Crippen LogP contribution in [0.15, 0.2) is 33.2 Å². The van der Waals surface area contributed by atoms with Crippen molar-refractivity contribution in [1.82, 2.24) is 9.97 Å². The number of thiophene rings is 1. The van der Waals surface area contributed by atoms with Crippen molar-refractivity contribution >= 4 is 21.6 Å². The maximum atomic E-state index is 11.9. The molecular weight excluding hydrogens is 224 g/mol. The zero-order chi connectivity index (χ0) is 11.1. The smallest absolute Gasteiger partial charge is 0.260 e. The molecule has 0 saturated heterocycles. The van der Waals surface area contributed by atoms with Crippen LogP contribution in [0.1, 0.15) is 5.56 Å². The number of rotatable bonds is 1. The highest BCUT2D eigenvalue weighted by molar-refractivity contribution is 7.16. The van der Waals surface area contributed by atoms with Gasteiger partial charge in [0.2, 0.25) is 0 Å². The molecule has 0 radical (unpaired) electrons. The highest BCUT2D eigenvalue weighted by Crippen LogP contribution is 2.22. The summed E-state index contributed by atoms with van der Waals surface area (Å²) in [6.45, 7) is 1.91. The van der Waals surface area contributed by atoms with E-state index in [-0.39, 0.29) is 5.56 Å². The lowest BCUT2D eigenvalue weighted by Crippen LogP contribution is -2.08. The summed E-state index contributed by atoms with van der Waals surface area (Å²) < 4.78 is 4.97. The number of aromatic amines is 1. The van der Waals surface area contributed by atoms with E-state index in [1.54, 1.807) is 18.6 Å². The average Bonchev–Trinajstić information content (AvgIpc) is 2.87. The number of fused-ring (bicyclic) bond motifs is 1. The zero-order valence-electron chi connectivity index (χ0n) is 8.48. The quantitative estimate of drug-likeness (QED) is 0.701. The van der Waals surface area contributed by atoms with Crippen molar-refractivity contribution in [2.45, 2.75) is 6.92 Å². The van der Waals surface area contributed by atoms with Gasteiger partial charge >= 0.3 is 0 Å². The number of furan rings is 1. The fraction of sp³-hybridized carbons (Fsp3) is 0.0909. The molecular formula is C11H8N2O2S. The predicted octanol–water partition coefficient (Wildman–Crippen LogP) is 2.55. The van der Waals surface area contributed by atoms with Gasteiger partial charge in [0.05, 0.1) is 17.2 Å². The van der Waals surface area contributed by atoms with Crippen molar-refractivity contribution in [3.8, 4) is 11.4 Å². The SMILES string of the molecule is Cc1csc2nc(-c3ccoc3)[nH]c(=O)c12. The molecule has 4 nitrogen and oxygen atoms in total. The van der Waals surface area contributed by atoms with E-state index in [0.717, 1.165) is 16.0 Å². The first kappa shape index (κ1) is 9.35. The lowest BCUT2D eigenvalue weighted by molar-refractivity contribution is 0.568. The molecule has 3 rings (SSSR count). The molecule has 3 aromatic heterocycles. The third-order valence-corrected chi connectivity index (χ3v) is 3.41. The van der Waals surface area contributed by atoms with Gasteiger partial charge in [-0.15, -0.1) is 11.3 Å².